The number of carbonyl (C=O) groups is 2. The average Bonchev–Trinajstić information content (AvgIpc) is 2.31. The van der Waals surface area contributed by atoms with Crippen molar-refractivity contribution in [3.63, 3.8) is 0 Å². The second kappa shape index (κ2) is 6.17. The second-order valence-electron chi connectivity index (χ2n) is 3.06. The molecule has 0 saturated heterocycles. The molecule has 1 atom stereocenters. The van der Waals surface area contributed by atoms with Crippen LogP contribution in [0.4, 0.5) is 5.69 Å². The fraction of sp³-hybridized carbons (Fsp3) is 0.300. The molecule has 6 nitrogen and oxygen atoms in total. The molecule has 0 aliphatic rings. The van der Waals surface area contributed by atoms with Crippen LogP contribution in [0.25, 0.3) is 0 Å². The Morgan fingerprint density at radius 1 is 1.65 bits per heavy atom. The number of carbonyl (C=O) groups excluding carboxylic acids is 2. The van der Waals surface area contributed by atoms with Crippen LogP contribution in [0.2, 0.25) is 5.15 Å². The molecule has 1 heterocycles. The number of ether oxygens (including phenoxy) is 1. The lowest BCUT2D eigenvalue weighted by molar-refractivity contribution is -0.146. The number of nitrogens with two attached hydrogens (primary N) is 1. The quantitative estimate of drug-likeness (QED) is 0.467. The van der Waals surface area contributed by atoms with Crippen LogP contribution in [0.5, 0.6) is 0 Å². The van der Waals surface area contributed by atoms with Gasteiger partial charge in [0.2, 0.25) is 0 Å². The highest BCUT2D eigenvalue weighted by atomic mass is 35.5. The zero-order valence-electron chi connectivity index (χ0n) is 9.14. The van der Waals surface area contributed by atoms with E-state index in [1.165, 1.54) is 6.20 Å². The van der Waals surface area contributed by atoms with Crippen LogP contribution in [0.1, 0.15) is 6.92 Å². The molecule has 0 aliphatic heterocycles. The van der Waals surface area contributed by atoms with Gasteiger partial charge < -0.3 is 15.8 Å². The molecule has 0 spiro atoms. The van der Waals surface area contributed by atoms with Crippen LogP contribution in [0.15, 0.2) is 18.3 Å². The first-order valence-electron chi connectivity index (χ1n) is 4.89. The number of rotatable bonds is 4. The Bertz CT molecular complexity index is 425. The van der Waals surface area contributed by atoms with Crippen molar-refractivity contribution < 1.29 is 14.3 Å². The van der Waals surface area contributed by atoms with E-state index in [2.05, 4.69) is 15.0 Å². The van der Waals surface area contributed by atoms with E-state index in [4.69, 9.17) is 17.3 Å². The lowest BCUT2D eigenvalue weighted by Crippen LogP contribution is -2.43. The number of halogens is 1. The third kappa shape index (κ3) is 3.69. The van der Waals surface area contributed by atoms with Gasteiger partial charge in [0.05, 0.1) is 12.3 Å². The molecular weight excluding hydrogens is 246 g/mol. The molecule has 17 heavy (non-hydrogen) atoms. The molecule has 92 valence electrons. The van der Waals surface area contributed by atoms with E-state index in [1.54, 1.807) is 19.1 Å². The van der Waals surface area contributed by atoms with Crippen molar-refractivity contribution in [1.29, 1.82) is 0 Å². The van der Waals surface area contributed by atoms with Gasteiger partial charge in [0.1, 0.15) is 0 Å². The summed E-state index contributed by atoms with van der Waals surface area (Å²) in [5.74, 6) is -1.48. The molecule has 1 aromatic heterocycles. The summed E-state index contributed by atoms with van der Waals surface area (Å²) < 4.78 is 4.62. The van der Waals surface area contributed by atoms with Crippen LogP contribution in [-0.2, 0) is 14.3 Å². The van der Waals surface area contributed by atoms with Crippen molar-refractivity contribution in [2.75, 3.05) is 11.9 Å². The summed E-state index contributed by atoms with van der Waals surface area (Å²) in [4.78, 5) is 26.5. The summed E-state index contributed by atoms with van der Waals surface area (Å²) >= 11 is 5.73. The average molecular weight is 258 g/mol. The molecule has 3 N–H and O–H groups in total. The summed E-state index contributed by atoms with van der Waals surface area (Å²) in [5, 5.41) is 2.51. The number of amides is 1. The molecule has 0 saturated carbocycles. The maximum absolute atomic E-state index is 11.6. The number of nitrogens with one attached hydrogen (secondary N) is 1. The zero-order valence-corrected chi connectivity index (χ0v) is 9.90. The number of aromatic nitrogens is 1. The Balaban J connectivity index is 2.67. The van der Waals surface area contributed by atoms with Crippen LogP contribution in [0, 0.1) is 0 Å². The lowest BCUT2D eigenvalue weighted by Gasteiger charge is -2.11. The fourth-order valence-electron chi connectivity index (χ4n) is 1.03. The molecule has 0 aromatic carbocycles. The van der Waals surface area contributed by atoms with Gasteiger partial charge in [-0.15, -0.1) is 0 Å². The largest absolute Gasteiger partial charge is 0.464 e. The number of hydrogen-bond donors (Lipinski definition) is 2. The van der Waals surface area contributed by atoms with E-state index >= 15 is 0 Å². The Morgan fingerprint density at radius 2 is 2.35 bits per heavy atom. The topological polar surface area (TPSA) is 94.3 Å². The fourth-order valence-corrected chi connectivity index (χ4v) is 1.20. The predicted octanol–water partition coefficient (Wildman–Crippen LogP) is 0.564. The maximum atomic E-state index is 11.6. The van der Waals surface area contributed by atoms with Crippen LogP contribution >= 0.6 is 11.6 Å². The van der Waals surface area contributed by atoms with Gasteiger partial charge in [-0.1, -0.05) is 11.6 Å². The molecule has 7 heteroatoms. The molecule has 1 aromatic rings. The third-order valence-electron chi connectivity index (χ3n) is 1.84. The molecule has 1 rings (SSSR count). The van der Waals surface area contributed by atoms with Gasteiger partial charge in [-0.05, 0) is 19.1 Å². The Hall–Kier alpha value is -1.66. The monoisotopic (exact) mass is 257 g/mol. The number of hydrogen-bond acceptors (Lipinski definition) is 5. The standard InChI is InChI=1S/C10H12ClN3O3/c1-2-17-10(16)7(12)9(15)14-6-4-3-5-13-8(6)11/h3-5,7H,2,12H2,1H3,(H,14,15). The lowest BCUT2D eigenvalue weighted by atomic mass is 10.3. The summed E-state index contributed by atoms with van der Waals surface area (Å²) in [6.07, 6.45) is 1.48. The van der Waals surface area contributed by atoms with Gasteiger partial charge in [0.15, 0.2) is 11.2 Å². The van der Waals surface area contributed by atoms with Gasteiger partial charge in [-0.3, -0.25) is 4.79 Å². The van der Waals surface area contributed by atoms with Gasteiger partial charge >= 0.3 is 5.97 Å². The molecule has 0 fully saturated rings. The first-order chi connectivity index (χ1) is 8.06. The third-order valence-corrected chi connectivity index (χ3v) is 2.14. The van der Waals surface area contributed by atoms with Crippen molar-refractivity contribution in [3.8, 4) is 0 Å². The number of pyridine rings is 1. The van der Waals surface area contributed by atoms with E-state index in [0.717, 1.165) is 0 Å². The number of nitrogens with zero attached hydrogens (tertiary/aromatic N) is 1. The van der Waals surface area contributed by atoms with E-state index in [1.807, 2.05) is 0 Å². The van der Waals surface area contributed by atoms with Crippen molar-refractivity contribution >= 4 is 29.2 Å². The maximum Gasteiger partial charge on any atom is 0.332 e. The highest BCUT2D eigenvalue weighted by molar-refractivity contribution is 6.32. The van der Waals surface area contributed by atoms with Crippen LogP contribution in [-0.4, -0.2) is 29.5 Å². The minimum Gasteiger partial charge on any atom is -0.464 e. The summed E-state index contributed by atoms with van der Waals surface area (Å²) in [7, 11) is 0. The molecule has 0 radical (unpaired) electrons. The van der Waals surface area contributed by atoms with Gasteiger partial charge in [-0.2, -0.15) is 0 Å². The highest BCUT2D eigenvalue weighted by Gasteiger charge is 2.23. The molecule has 1 unspecified atom stereocenters. The first-order valence-corrected chi connectivity index (χ1v) is 5.27. The van der Waals surface area contributed by atoms with E-state index in [9.17, 15) is 9.59 Å². The Labute approximate surface area is 103 Å². The predicted molar refractivity (Wildman–Crippen MR) is 62.5 cm³/mol. The Kier molecular flexibility index (Phi) is 4.86. The molecule has 0 aliphatic carbocycles. The number of esters is 1. The van der Waals surface area contributed by atoms with Crippen molar-refractivity contribution in [3.05, 3.63) is 23.5 Å². The summed E-state index contributed by atoms with van der Waals surface area (Å²) in [5.41, 5.74) is 5.69. The zero-order chi connectivity index (χ0) is 12.8. The minimum atomic E-state index is -1.38. The smallest absolute Gasteiger partial charge is 0.332 e. The SMILES string of the molecule is CCOC(=O)C(N)C(=O)Nc1cccnc1Cl. The van der Waals surface area contributed by atoms with Gasteiger partial charge in [0.25, 0.3) is 5.91 Å². The van der Waals surface area contributed by atoms with Crippen molar-refractivity contribution in [1.82, 2.24) is 4.98 Å². The number of anilines is 1. The van der Waals surface area contributed by atoms with Crippen molar-refractivity contribution in [2.24, 2.45) is 5.73 Å². The van der Waals surface area contributed by atoms with E-state index in [0.29, 0.717) is 5.69 Å². The van der Waals surface area contributed by atoms with Crippen LogP contribution in [0.3, 0.4) is 0 Å². The van der Waals surface area contributed by atoms with Gasteiger partial charge in [0, 0.05) is 6.20 Å². The van der Waals surface area contributed by atoms with Crippen LogP contribution < -0.4 is 11.1 Å². The molecular formula is C10H12ClN3O3. The van der Waals surface area contributed by atoms with E-state index in [-0.39, 0.29) is 11.8 Å². The summed E-state index contributed by atoms with van der Waals surface area (Å²) in [6, 6.07) is 1.76. The molecule has 0 bridgehead atoms. The first kappa shape index (κ1) is 13.4. The molecule has 1 amide bonds. The normalized spacial score (nSPS) is 11.7. The minimum absolute atomic E-state index is 0.122. The van der Waals surface area contributed by atoms with E-state index < -0.39 is 17.9 Å². The highest BCUT2D eigenvalue weighted by Crippen LogP contribution is 2.17. The summed E-state index contributed by atoms with van der Waals surface area (Å²) in [6.45, 7) is 1.79. The van der Waals surface area contributed by atoms with Crippen molar-refractivity contribution in [2.45, 2.75) is 13.0 Å². The second-order valence-corrected chi connectivity index (χ2v) is 3.42. The Morgan fingerprint density at radius 3 is 2.94 bits per heavy atom. The van der Waals surface area contributed by atoms with Gasteiger partial charge in [-0.25, -0.2) is 9.78 Å².